The number of aromatic nitrogens is 3. The molecule has 4 heterocycles. The van der Waals surface area contributed by atoms with Crippen molar-refractivity contribution in [2.75, 3.05) is 19.6 Å². The molecule has 2 aliphatic heterocycles. The molecule has 2 fully saturated rings. The van der Waals surface area contributed by atoms with Gasteiger partial charge in [-0.15, -0.1) is 0 Å². The molecule has 1 N–H and O–H groups in total. The first kappa shape index (κ1) is 16.8. The summed E-state index contributed by atoms with van der Waals surface area (Å²) in [5.41, 5.74) is 1.68. The van der Waals surface area contributed by atoms with E-state index in [9.17, 15) is 9.59 Å². The molecule has 2 saturated heterocycles. The van der Waals surface area contributed by atoms with Gasteiger partial charge in [-0.25, -0.2) is 4.98 Å². The average molecular weight is 353 g/mol. The van der Waals surface area contributed by atoms with Crippen molar-refractivity contribution in [3.05, 3.63) is 48.3 Å². The number of pyridine rings is 1. The molecule has 0 saturated carbocycles. The van der Waals surface area contributed by atoms with Gasteiger partial charge in [-0.1, -0.05) is 0 Å². The lowest BCUT2D eigenvalue weighted by Gasteiger charge is -2.47. The Labute approximate surface area is 152 Å². The zero-order chi connectivity index (χ0) is 17.9. The standard InChI is InChI=1S/C19H23N5O2/c25-18-4-3-15-12-23(19(26)14-2-1-7-20-10-14)8-6-17(15)24(18)9-5-16-11-21-13-22-16/h1-2,7,10-11,13,15,17H,3-6,8-9,12H2,(H,21,22)/t15-,17+/m0/s1. The van der Waals surface area contributed by atoms with Crippen LogP contribution in [0.4, 0.5) is 0 Å². The number of rotatable bonds is 4. The number of carbonyl (C=O) groups excluding carboxylic acids is 2. The topological polar surface area (TPSA) is 82.2 Å². The Morgan fingerprint density at radius 3 is 2.96 bits per heavy atom. The molecule has 0 radical (unpaired) electrons. The second-order valence-corrected chi connectivity index (χ2v) is 7.06. The minimum Gasteiger partial charge on any atom is -0.348 e. The lowest BCUT2D eigenvalue weighted by molar-refractivity contribution is -0.140. The Balaban J connectivity index is 1.41. The van der Waals surface area contributed by atoms with Crippen LogP contribution in [-0.4, -0.2) is 62.2 Å². The van der Waals surface area contributed by atoms with Crippen LogP contribution in [0, 0.1) is 5.92 Å². The van der Waals surface area contributed by atoms with Gasteiger partial charge in [0.05, 0.1) is 11.9 Å². The van der Waals surface area contributed by atoms with Gasteiger partial charge in [-0.3, -0.25) is 14.6 Å². The van der Waals surface area contributed by atoms with Gasteiger partial charge in [-0.05, 0) is 30.9 Å². The molecular weight excluding hydrogens is 330 g/mol. The molecule has 7 nitrogen and oxygen atoms in total. The van der Waals surface area contributed by atoms with Crippen molar-refractivity contribution >= 4 is 11.8 Å². The third kappa shape index (κ3) is 3.34. The molecule has 0 unspecified atom stereocenters. The number of imidazole rings is 1. The predicted octanol–water partition coefficient (Wildman–Crippen LogP) is 1.50. The molecule has 2 aromatic rings. The Morgan fingerprint density at radius 2 is 2.19 bits per heavy atom. The number of likely N-dealkylation sites (tertiary alicyclic amines) is 2. The van der Waals surface area contributed by atoms with Crippen molar-refractivity contribution in [3.8, 4) is 0 Å². The van der Waals surface area contributed by atoms with E-state index in [4.69, 9.17) is 0 Å². The summed E-state index contributed by atoms with van der Waals surface area (Å²) in [5.74, 6) is 0.624. The molecule has 0 bridgehead atoms. The summed E-state index contributed by atoms with van der Waals surface area (Å²) in [6.07, 6.45) is 9.82. The molecule has 2 aliphatic rings. The second kappa shape index (κ2) is 7.27. The van der Waals surface area contributed by atoms with Gasteiger partial charge in [0.15, 0.2) is 0 Å². The minimum absolute atomic E-state index is 0.0393. The zero-order valence-electron chi connectivity index (χ0n) is 14.7. The number of carbonyl (C=O) groups is 2. The lowest BCUT2D eigenvalue weighted by Crippen LogP contribution is -2.57. The first-order valence-corrected chi connectivity index (χ1v) is 9.18. The molecule has 0 spiro atoms. The number of H-pyrrole nitrogens is 1. The maximum atomic E-state index is 12.7. The third-order valence-corrected chi connectivity index (χ3v) is 5.52. The van der Waals surface area contributed by atoms with E-state index in [0.29, 0.717) is 37.5 Å². The monoisotopic (exact) mass is 353 g/mol. The zero-order valence-corrected chi connectivity index (χ0v) is 14.7. The minimum atomic E-state index is 0.0393. The van der Waals surface area contributed by atoms with Gasteiger partial charge in [0.1, 0.15) is 0 Å². The van der Waals surface area contributed by atoms with Crippen LogP contribution in [-0.2, 0) is 11.2 Å². The van der Waals surface area contributed by atoms with Crippen LogP contribution in [0.1, 0.15) is 35.3 Å². The fourth-order valence-corrected chi connectivity index (χ4v) is 4.16. The molecule has 2 amide bonds. The Morgan fingerprint density at radius 1 is 1.27 bits per heavy atom. The largest absolute Gasteiger partial charge is 0.348 e. The Bertz CT molecular complexity index is 762. The summed E-state index contributed by atoms with van der Waals surface area (Å²) < 4.78 is 0. The van der Waals surface area contributed by atoms with Crippen LogP contribution < -0.4 is 0 Å². The second-order valence-electron chi connectivity index (χ2n) is 7.06. The number of nitrogens with one attached hydrogen (secondary N) is 1. The number of amides is 2. The number of fused-ring (bicyclic) bond motifs is 1. The SMILES string of the molecule is O=C(c1cccnc1)N1CC[C@@H]2[C@@H](CCC(=O)N2CCc2cnc[nH]2)C1. The third-order valence-electron chi connectivity index (χ3n) is 5.52. The van der Waals surface area contributed by atoms with Crippen LogP contribution >= 0.6 is 0 Å². The van der Waals surface area contributed by atoms with Gasteiger partial charge >= 0.3 is 0 Å². The highest BCUT2D eigenvalue weighted by atomic mass is 16.2. The van der Waals surface area contributed by atoms with Gasteiger partial charge in [0.2, 0.25) is 5.91 Å². The number of aromatic amines is 1. The van der Waals surface area contributed by atoms with Crippen molar-refractivity contribution in [1.29, 1.82) is 0 Å². The summed E-state index contributed by atoms with van der Waals surface area (Å²) in [5, 5.41) is 0. The van der Waals surface area contributed by atoms with Crippen LogP contribution in [0.3, 0.4) is 0 Å². The van der Waals surface area contributed by atoms with Crippen molar-refractivity contribution in [1.82, 2.24) is 24.8 Å². The van der Waals surface area contributed by atoms with Crippen LogP contribution in [0.5, 0.6) is 0 Å². The fourth-order valence-electron chi connectivity index (χ4n) is 4.16. The molecule has 4 rings (SSSR count). The van der Waals surface area contributed by atoms with E-state index < -0.39 is 0 Å². The summed E-state index contributed by atoms with van der Waals surface area (Å²) >= 11 is 0. The van der Waals surface area contributed by atoms with Crippen molar-refractivity contribution < 1.29 is 9.59 Å². The van der Waals surface area contributed by atoms with Crippen LogP contribution in [0.2, 0.25) is 0 Å². The van der Waals surface area contributed by atoms with Crippen LogP contribution in [0.15, 0.2) is 37.1 Å². The van der Waals surface area contributed by atoms with Crippen molar-refractivity contribution in [2.45, 2.75) is 31.7 Å². The average Bonchev–Trinajstić information content (AvgIpc) is 3.20. The van der Waals surface area contributed by atoms with Gasteiger partial charge in [-0.2, -0.15) is 0 Å². The van der Waals surface area contributed by atoms with E-state index in [2.05, 4.69) is 15.0 Å². The summed E-state index contributed by atoms with van der Waals surface area (Å²) in [6, 6.07) is 3.83. The number of hydrogen-bond acceptors (Lipinski definition) is 4. The highest BCUT2D eigenvalue weighted by molar-refractivity contribution is 5.94. The normalized spacial score (nSPS) is 23.0. The van der Waals surface area contributed by atoms with E-state index in [1.807, 2.05) is 15.9 Å². The molecule has 2 atom stereocenters. The van der Waals surface area contributed by atoms with Gasteiger partial charge < -0.3 is 14.8 Å². The number of piperidine rings is 2. The van der Waals surface area contributed by atoms with E-state index in [1.165, 1.54) is 0 Å². The number of hydrogen-bond donors (Lipinski definition) is 1. The molecule has 0 aromatic carbocycles. The summed E-state index contributed by atoms with van der Waals surface area (Å²) in [4.78, 5) is 40.3. The summed E-state index contributed by atoms with van der Waals surface area (Å²) in [6.45, 7) is 2.10. The highest BCUT2D eigenvalue weighted by Crippen LogP contribution is 2.32. The maximum absolute atomic E-state index is 12.7. The molecule has 0 aliphatic carbocycles. The molecule has 26 heavy (non-hydrogen) atoms. The predicted molar refractivity (Wildman–Crippen MR) is 95.3 cm³/mol. The molecule has 2 aromatic heterocycles. The lowest BCUT2D eigenvalue weighted by atomic mass is 9.83. The highest BCUT2D eigenvalue weighted by Gasteiger charge is 2.40. The first-order valence-electron chi connectivity index (χ1n) is 9.18. The van der Waals surface area contributed by atoms with Crippen LogP contribution in [0.25, 0.3) is 0 Å². The molecular formula is C19H23N5O2. The van der Waals surface area contributed by atoms with Crippen molar-refractivity contribution in [2.24, 2.45) is 5.92 Å². The van der Waals surface area contributed by atoms with Crippen molar-refractivity contribution in [3.63, 3.8) is 0 Å². The molecule has 7 heteroatoms. The molecule has 136 valence electrons. The van der Waals surface area contributed by atoms with E-state index >= 15 is 0 Å². The maximum Gasteiger partial charge on any atom is 0.255 e. The smallest absolute Gasteiger partial charge is 0.255 e. The fraction of sp³-hybridized carbons (Fsp3) is 0.474. The van der Waals surface area contributed by atoms with E-state index in [-0.39, 0.29) is 17.9 Å². The Kier molecular flexibility index (Phi) is 4.69. The Hall–Kier alpha value is -2.70. The quantitative estimate of drug-likeness (QED) is 0.903. The summed E-state index contributed by atoms with van der Waals surface area (Å²) in [7, 11) is 0. The first-order chi connectivity index (χ1) is 12.7. The number of nitrogens with zero attached hydrogens (tertiary/aromatic N) is 4. The van der Waals surface area contributed by atoms with E-state index in [0.717, 1.165) is 25.0 Å². The van der Waals surface area contributed by atoms with Gasteiger partial charge in [0, 0.05) is 62.8 Å². The van der Waals surface area contributed by atoms with Gasteiger partial charge in [0.25, 0.3) is 5.91 Å². The van der Waals surface area contributed by atoms with E-state index in [1.54, 1.807) is 31.0 Å².